The van der Waals surface area contributed by atoms with Crippen molar-refractivity contribution in [1.82, 2.24) is 4.90 Å². The predicted molar refractivity (Wildman–Crippen MR) is 71.2 cm³/mol. The van der Waals surface area contributed by atoms with E-state index < -0.39 is 9.84 Å². The molecule has 1 saturated heterocycles. The number of Topliss-reactive ketones (excluding diaryl/α,β-unsaturated/α-hetero) is 1. The molecule has 2 fully saturated rings. The van der Waals surface area contributed by atoms with Gasteiger partial charge in [0, 0.05) is 25.4 Å². The molecule has 0 amide bonds. The van der Waals surface area contributed by atoms with Crippen molar-refractivity contribution in [3.8, 4) is 0 Å². The van der Waals surface area contributed by atoms with Crippen molar-refractivity contribution < 1.29 is 13.2 Å². The predicted octanol–water partition coefficient (Wildman–Crippen LogP) is 1.11. The Bertz CT molecular complexity index is 404. The van der Waals surface area contributed by atoms with E-state index in [1.54, 1.807) is 0 Å². The Hall–Kier alpha value is -0.420. The van der Waals surface area contributed by atoms with E-state index in [2.05, 4.69) is 11.8 Å². The van der Waals surface area contributed by atoms with Crippen LogP contribution in [-0.2, 0) is 14.6 Å². The van der Waals surface area contributed by atoms with Gasteiger partial charge in [-0.2, -0.15) is 0 Å². The summed E-state index contributed by atoms with van der Waals surface area (Å²) in [6, 6.07) is 0. The number of hydrogen-bond donors (Lipinski definition) is 0. The van der Waals surface area contributed by atoms with E-state index in [4.69, 9.17) is 0 Å². The Morgan fingerprint density at radius 2 is 2.06 bits per heavy atom. The van der Waals surface area contributed by atoms with E-state index in [-0.39, 0.29) is 11.7 Å². The minimum atomic E-state index is -2.84. The lowest BCUT2D eigenvalue weighted by Crippen LogP contribution is -2.37. The third-order valence-corrected chi connectivity index (χ3v) is 5.87. The minimum Gasteiger partial charge on any atom is -0.302 e. The third kappa shape index (κ3) is 3.79. The molecule has 0 aromatic carbocycles. The lowest BCUT2D eigenvalue weighted by molar-refractivity contribution is -0.126. The van der Waals surface area contributed by atoms with Gasteiger partial charge in [-0.1, -0.05) is 6.92 Å². The standard InChI is InChI=1S/C13H23NO3S/c1-11-3-4-13(15)12(9-11)10-14-5-2-7-18(16,17)8-6-14/h11-12H,2-10H2,1H3. The van der Waals surface area contributed by atoms with Gasteiger partial charge in [-0.3, -0.25) is 4.79 Å². The molecule has 0 spiro atoms. The number of ketones is 1. The summed E-state index contributed by atoms with van der Waals surface area (Å²) in [7, 11) is -2.84. The van der Waals surface area contributed by atoms with Crippen molar-refractivity contribution in [2.24, 2.45) is 11.8 Å². The van der Waals surface area contributed by atoms with Gasteiger partial charge in [0.15, 0.2) is 9.84 Å². The summed E-state index contributed by atoms with van der Waals surface area (Å²) in [5.74, 6) is 1.69. The Morgan fingerprint density at radius 1 is 1.28 bits per heavy atom. The second kappa shape index (κ2) is 5.70. The zero-order chi connectivity index (χ0) is 13.2. The molecule has 1 aliphatic heterocycles. The van der Waals surface area contributed by atoms with Gasteiger partial charge in [-0.25, -0.2) is 8.42 Å². The highest BCUT2D eigenvalue weighted by Gasteiger charge is 2.29. The lowest BCUT2D eigenvalue weighted by Gasteiger charge is -2.30. The van der Waals surface area contributed by atoms with Gasteiger partial charge in [0.25, 0.3) is 0 Å². The highest BCUT2D eigenvalue weighted by molar-refractivity contribution is 7.91. The Labute approximate surface area is 110 Å². The maximum atomic E-state index is 11.9. The summed E-state index contributed by atoms with van der Waals surface area (Å²) in [4.78, 5) is 14.1. The van der Waals surface area contributed by atoms with E-state index in [1.165, 1.54) is 0 Å². The molecule has 2 aliphatic rings. The van der Waals surface area contributed by atoms with Crippen molar-refractivity contribution in [2.75, 3.05) is 31.1 Å². The Kier molecular flexibility index (Phi) is 4.43. The van der Waals surface area contributed by atoms with Crippen LogP contribution in [0.1, 0.15) is 32.6 Å². The molecule has 0 aromatic rings. The first-order chi connectivity index (χ1) is 8.46. The van der Waals surface area contributed by atoms with Crippen LogP contribution in [0.25, 0.3) is 0 Å². The molecule has 0 bridgehead atoms. The van der Waals surface area contributed by atoms with Crippen LogP contribution in [0.4, 0.5) is 0 Å². The SMILES string of the molecule is CC1CCC(=O)C(CN2CCCS(=O)(=O)CC2)C1. The molecule has 0 radical (unpaired) electrons. The van der Waals surface area contributed by atoms with Crippen LogP contribution in [0, 0.1) is 11.8 Å². The van der Waals surface area contributed by atoms with Gasteiger partial charge < -0.3 is 4.90 Å². The van der Waals surface area contributed by atoms with Crippen LogP contribution >= 0.6 is 0 Å². The van der Waals surface area contributed by atoms with Gasteiger partial charge in [-0.15, -0.1) is 0 Å². The van der Waals surface area contributed by atoms with E-state index in [1.807, 2.05) is 0 Å². The molecule has 1 heterocycles. The molecule has 18 heavy (non-hydrogen) atoms. The highest BCUT2D eigenvalue weighted by Crippen LogP contribution is 2.26. The largest absolute Gasteiger partial charge is 0.302 e. The van der Waals surface area contributed by atoms with Crippen LogP contribution in [0.5, 0.6) is 0 Å². The average Bonchev–Trinajstić information content (AvgIpc) is 2.46. The third-order valence-electron chi connectivity index (χ3n) is 4.15. The molecular weight excluding hydrogens is 250 g/mol. The van der Waals surface area contributed by atoms with E-state index in [0.717, 1.165) is 25.9 Å². The summed E-state index contributed by atoms with van der Waals surface area (Å²) < 4.78 is 23.1. The molecule has 2 unspecified atom stereocenters. The summed E-state index contributed by atoms with van der Waals surface area (Å²) in [5.41, 5.74) is 0. The van der Waals surface area contributed by atoms with Crippen LogP contribution < -0.4 is 0 Å². The number of carbonyl (C=O) groups excluding carboxylic acids is 1. The summed E-state index contributed by atoms with van der Waals surface area (Å²) in [6.07, 6.45) is 3.41. The smallest absolute Gasteiger partial charge is 0.151 e. The number of carbonyl (C=O) groups is 1. The zero-order valence-electron chi connectivity index (χ0n) is 11.1. The van der Waals surface area contributed by atoms with Crippen molar-refractivity contribution in [3.63, 3.8) is 0 Å². The fraction of sp³-hybridized carbons (Fsp3) is 0.923. The second-order valence-electron chi connectivity index (χ2n) is 5.85. The minimum absolute atomic E-state index is 0.134. The molecule has 1 saturated carbocycles. The van der Waals surface area contributed by atoms with Gasteiger partial charge in [0.05, 0.1) is 11.5 Å². The van der Waals surface area contributed by atoms with Crippen molar-refractivity contribution in [2.45, 2.75) is 32.6 Å². The van der Waals surface area contributed by atoms with Gasteiger partial charge in [-0.05, 0) is 31.7 Å². The first-order valence-electron chi connectivity index (χ1n) is 6.92. The van der Waals surface area contributed by atoms with Crippen molar-refractivity contribution in [1.29, 1.82) is 0 Å². The highest BCUT2D eigenvalue weighted by atomic mass is 32.2. The summed E-state index contributed by atoms with van der Waals surface area (Å²) in [5, 5.41) is 0. The molecule has 4 nitrogen and oxygen atoms in total. The summed E-state index contributed by atoms with van der Waals surface area (Å²) in [6.45, 7) is 4.38. The van der Waals surface area contributed by atoms with Crippen LogP contribution in [0.3, 0.4) is 0 Å². The molecule has 0 N–H and O–H groups in total. The summed E-state index contributed by atoms with van der Waals surface area (Å²) >= 11 is 0. The molecule has 2 atom stereocenters. The van der Waals surface area contributed by atoms with Crippen LogP contribution in [0.15, 0.2) is 0 Å². The Balaban J connectivity index is 1.90. The van der Waals surface area contributed by atoms with Gasteiger partial charge in [0.1, 0.15) is 5.78 Å². The number of nitrogens with zero attached hydrogens (tertiary/aromatic N) is 1. The molecular formula is C13H23NO3S. The second-order valence-corrected chi connectivity index (χ2v) is 8.15. The fourth-order valence-corrected chi connectivity index (χ4v) is 4.30. The van der Waals surface area contributed by atoms with Crippen LogP contribution in [-0.4, -0.2) is 50.2 Å². The monoisotopic (exact) mass is 273 g/mol. The molecule has 2 rings (SSSR count). The molecule has 0 aromatic heterocycles. The normalized spacial score (nSPS) is 34.2. The quantitative estimate of drug-likeness (QED) is 0.756. The van der Waals surface area contributed by atoms with E-state index in [0.29, 0.717) is 36.8 Å². The Morgan fingerprint density at radius 3 is 2.83 bits per heavy atom. The average molecular weight is 273 g/mol. The molecule has 104 valence electrons. The number of sulfone groups is 1. The van der Waals surface area contributed by atoms with E-state index >= 15 is 0 Å². The lowest BCUT2D eigenvalue weighted by atomic mass is 9.81. The first-order valence-corrected chi connectivity index (χ1v) is 8.74. The van der Waals surface area contributed by atoms with Crippen LogP contribution in [0.2, 0.25) is 0 Å². The molecule has 1 aliphatic carbocycles. The first kappa shape index (κ1) is 14.0. The maximum Gasteiger partial charge on any atom is 0.151 e. The fourth-order valence-electron chi connectivity index (χ4n) is 2.99. The molecule has 5 heteroatoms. The van der Waals surface area contributed by atoms with E-state index in [9.17, 15) is 13.2 Å². The van der Waals surface area contributed by atoms with Gasteiger partial charge in [0.2, 0.25) is 0 Å². The van der Waals surface area contributed by atoms with Crippen molar-refractivity contribution >= 4 is 15.6 Å². The zero-order valence-corrected chi connectivity index (χ0v) is 11.9. The number of hydrogen-bond acceptors (Lipinski definition) is 4. The number of rotatable bonds is 2. The topological polar surface area (TPSA) is 54.5 Å². The van der Waals surface area contributed by atoms with Gasteiger partial charge >= 0.3 is 0 Å². The maximum absolute atomic E-state index is 11.9. The van der Waals surface area contributed by atoms with Crippen molar-refractivity contribution in [3.05, 3.63) is 0 Å².